The van der Waals surface area contributed by atoms with Crippen molar-refractivity contribution < 1.29 is 26.3 Å². The minimum atomic E-state index is -4.99. The summed E-state index contributed by atoms with van der Waals surface area (Å²) in [5, 5.41) is 12.0. The number of anilines is 1. The number of aromatic hydroxyl groups is 1. The molecule has 2 aromatic carbocycles. The second-order valence-corrected chi connectivity index (χ2v) is 8.77. The predicted molar refractivity (Wildman–Crippen MR) is 87.4 cm³/mol. The number of amides is 1. The number of phenolic OH excluding ortho intramolecular Hbond substituents is 1. The van der Waals surface area contributed by atoms with E-state index in [1.807, 2.05) is 0 Å². The molecule has 0 heterocycles. The maximum atomic E-state index is 12.3. The summed E-state index contributed by atoms with van der Waals surface area (Å²) in [5.74, 6) is -1.11. The molecule has 0 aliphatic rings. The Kier molecular flexibility index (Phi) is 5.62. The van der Waals surface area contributed by atoms with E-state index < -0.39 is 32.5 Å². The molecule has 0 spiro atoms. The van der Waals surface area contributed by atoms with Crippen LogP contribution in [0.4, 0.5) is 5.69 Å². The van der Waals surface area contributed by atoms with Crippen molar-refractivity contribution in [3.8, 4) is 5.75 Å². The molecule has 8 heteroatoms. The van der Waals surface area contributed by atoms with Crippen LogP contribution in [0.25, 0.3) is 0 Å². The molecule has 0 aliphatic carbocycles. The third kappa shape index (κ3) is 4.58. The van der Waals surface area contributed by atoms with Crippen LogP contribution in [-0.2, 0) is 12.3 Å². The number of carbonyl (C=O) groups excluding carboxylic acids is 2. The molecule has 24 heavy (non-hydrogen) atoms. The molecular weight excluding hydrogens is 377 g/mol. The van der Waals surface area contributed by atoms with E-state index >= 15 is 0 Å². The molecule has 2 rings (SSSR count). The van der Waals surface area contributed by atoms with Gasteiger partial charge in [0.2, 0.25) is 0 Å². The third-order valence-corrected chi connectivity index (χ3v) is 6.04. The second kappa shape index (κ2) is 7.49. The molecule has 0 fully saturated rings. The van der Waals surface area contributed by atoms with Crippen LogP contribution in [0.15, 0.2) is 48.5 Å². The normalized spacial score (nSPS) is 13.1. The van der Waals surface area contributed by atoms with Crippen LogP contribution in [0.2, 0.25) is 0 Å². The van der Waals surface area contributed by atoms with Gasteiger partial charge >= 0.3 is 141 Å². The quantitative estimate of drug-likeness (QED) is 0.381. The first-order valence-electron chi connectivity index (χ1n) is 6.96. The fourth-order valence-electron chi connectivity index (χ4n) is 1.92. The Labute approximate surface area is 141 Å². The number of hydrogen-bond donors (Lipinski definition) is 3. The molecule has 1 unspecified atom stereocenters. The molecule has 0 aromatic heterocycles. The van der Waals surface area contributed by atoms with Gasteiger partial charge in [0.15, 0.2) is 0 Å². The SMILES string of the molecule is CC(=O)Nc1cc([As](=O)(O)OCC(=O)c2ccccc2)ccc1O. The van der Waals surface area contributed by atoms with E-state index in [-0.39, 0.29) is 15.8 Å². The van der Waals surface area contributed by atoms with Crippen molar-refractivity contribution in [3.05, 3.63) is 54.1 Å². The zero-order chi connectivity index (χ0) is 17.7. The standard InChI is InChI=1S/C16H16AsNO6/c1-11(19)18-14-9-13(7-8-15(14)20)17(22,23)24-10-16(21)12-5-3-2-4-6-12/h2-9,20H,10H2,1H3,(H,18,19)(H,22,23). The van der Waals surface area contributed by atoms with Crippen molar-refractivity contribution in [1.82, 2.24) is 0 Å². The fourth-order valence-corrected chi connectivity index (χ4v) is 4.01. The molecule has 0 radical (unpaired) electrons. The molecule has 2 aromatic rings. The van der Waals surface area contributed by atoms with Gasteiger partial charge in [-0.1, -0.05) is 0 Å². The Balaban J connectivity index is 2.14. The number of Topliss-reactive ketones (excluding diaryl/α,β-unsaturated/α-hetero) is 1. The predicted octanol–water partition coefficient (Wildman–Crippen LogP) is 0.819. The fraction of sp³-hybridized carbons (Fsp3) is 0.125. The van der Waals surface area contributed by atoms with E-state index in [1.54, 1.807) is 30.3 Å². The first kappa shape index (κ1) is 18.0. The van der Waals surface area contributed by atoms with E-state index in [0.29, 0.717) is 5.56 Å². The molecule has 0 bridgehead atoms. The average Bonchev–Trinajstić information content (AvgIpc) is 2.55. The van der Waals surface area contributed by atoms with Crippen molar-refractivity contribution in [1.29, 1.82) is 0 Å². The second-order valence-electron chi connectivity index (χ2n) is 4.97. The Morgan fingerprint density at radius 3 is 2.46 bits per heavy atom. The summed E-state index contributed by atoms with van der Waals surface area (Å²) in [7, 11) is 0. The summed E-state index contributed by atoms with van der Waals surface area (Å²) in [6.07, 6.45) is 0. The molecule has 126 valence electrons. The Morgan fingerprint density at radius 2 is 1.83 bits per heavy atom. The zero-order valence-corrected chi connectivity index (χ0v) is 14.7. The van der Waals surface area contributed by atoms with Crippen LogP contribution >= 0.6 is 0 Å². The van der Waals surface area contributed by atoms with Gasteiger partial charge in [-0.3, -0.25) is 0 Å². The molecule has 1 amide bonds. The molecule has 3 N–H and O–H groups in total. The Hall–Kier alpha value is -2.34. The van der Waals surface area contributed by atoms with Crippen LogP contribution in [-0.4, -0.2) is 41.7 Å². The summed E-state index contributed by atoms with van der Waals surface area (Å²) in [4.78, 5) is 23.0. The summed E-state index contributed by atoms with van der Waals surface area (Å²) in [6, 6.07) is 11.8. The Bertz CT molecular complexity index is 805. The number of carbonyl (C=O) groups is 2. The first-order chi connectivity index (χ1) is 11.3. The van der Waals surface area contributed by atoms with Gasteiger partial charge in [0, 0.05) is 0 Å². The topological polar surface area (TPSA) is 113 Å². The number of benzene rings is 2. The summed E-state index contributed by atoms with van der Waals surface area (Å²) >= 11 is -4.99. The molecule has 1 atom stereocenters. The van der Waals surface area contributed by atoms with Gasteiger partial charge in [-0.05, 0) is 0 Å². The van der Waals surface area contributed by atoms with Gasteiger partial charge in [0.1, 0.15) is 0 Å². The Morgan fingerprint density at radius 1 is 1.17 bits per heavy atom. The number of rotatable bonds is 6. The van der Waals surface area contributed by atoms with Gasteiger partial charge < -0.3 is 0 Å². The van der Waals surface area contributed by atoms with Crippen LogP contribution in [0.3, 0.4) is 0 Å². The van der Waals surface area contributed by atoms with E-state index in [2.05, 4.69) is 5.32 Å². The van der Waals surface area contributed by atoms with Gasteiger partial charge in [-0.15, -0.1) is 0 Å². The third-order valence-electron chi connectivity index (χ3n) is 3.08. The first-order valence-corrected chi connectivity index (χ1v) is 10.3. The van der Waals surface area contributed by atoms with Crippen molar-refractivity contribution in [2.24, 2.45) is 0 Å². The maximum absolute atomic E-state index is 12.3. The van der Waals surface area contributed by atoms with Gasteiger partial charge in [-0.2, -0.15) is 0 Å². The van der Waals surface area contributed by atoms with E-state index in [4.69, 9.17) is 3.73 Å². The minimum absolute atomic E-state index is 0.00586. The molecule has 0 saturated heterocycles. The number of phenols is 1. The zero-order valence-electron chi connectivity index (χ0n) is 12.8. The van der Waals surface area contributed by atoms with Crippen LogP contribution < -0.4 is 9.67 Å². The van der Waals surface area contributed by atoms with E-state index in [1.165, 1.54) is 19.1 Å². The van der Waals surface area contributed by atoms with Crippen molar-refractivity contribution in [2.75, 3.05) is 11.9 Å². The number of ketones is 1. The molecule has 7 nitrogen and oxygen atoms in total. The molecule has 0 aliphatic heterocycles. The van der Waals surface area contributed by atoms with Gasteiger partial charge in [-0.25, -0.2) is 0 Å². The van der Waals surface area contributed by atoms with Crippen molar-refractivity contribution in [3.63, 3.8) is 0 Å². The van der Waals surface area contributed by atoms with Crippen LogP contribution in [0.1, 0.15) is 17.3 Å². The molecular formula is C16H16AsNO6. The summed E-state index contributed by atoms with van der Waals surface area (Å²) in [6.45, 7) is 0.692. The van der Waals surface area contributed by atoms with Crippen molar-refractivity contribution >= 4 is 35.9 Å². The van der Waals surface area contributed by atoms with Gasteiger partial charge in [0.25, 0.3) is 0 Å². The van der Waals surface area contributed by atoms with Crippen LogP contribution in [0.5, 0.6) is 5.75 Å². The van der Waals surface area contributed by atoms with Crippen molar-refractivity contribution in [2.45, 2.75) is 6.92 Å². The summed E-state index contributed by atoms with van der Waals surface area (Å²) in [5.41, 5.74) is 0.367. The molecule has 0 saturated carbocycles. The summed E-state index contributed by atoms with van der Waals surface area (Å²) < 4.78 is 27.3. The van der Waals surface area contributed by atoms with E-state index in [0.717, 1.165) is 6.07 Å². The number of nitrogens with one attached hydrogen (secondary N) is 1. The average molecular weight is 393 g/mol. The van der Waals surface area contributed by atoms with E-state index in [9.17, 15) is 22.5 Å². The monoisotopic (exact) mass is 393 g/mol. The van der Waals surface area contributed by atoms with Crippen LogP contribution in [0, 0.1) is 0 Å². The van der Waals surface area contributed by atoms with Gasteiger partial charge in [0.05, 0.1) is 0 Å². The number of hydrogen-bond acceptors (Lipinski definition) is 5.